The molecule has 0 unspecified atom stereocenters. The lowest BCUT2D eigenvalue weighted by Gasteiger charge is -2.10. The zero-order valence-electron chi connectivity index (χ0n) is 9.15. The first-order valence-corrected chi connectivity index (χ1v) is 4.60. The molecular weight excluding hydrogens is 248 g/mol. The van der Waals surface area contributed by atoms with E-state index >= 15 is 0 Å². The van der Waals surface area contributed by atoms with E-state index in [4.69, 9.17) is 5.26 Å². The Morgan fingerprint density at radius 3 is 2.61 bits per heavy atom. The zero-order valence-corrected chi connectivity index (χ0v) is 9.15. The predicted molar refractivity (Wildman–Crippen MR) is 54.5 cm³/mol. The molecule has 5 nitrogen and oxygen atoms in total. The van der Waals surface area contributed by atoms with Crippen LogP contribution in [0.15, 0.2) is 12.1 Å². The molecule has 0 bridgehead atoms. The molecule has 0 aliphatic carbocycles. The highest BCUT2D eigenvalue weighted by atomic mass is 19.3. The fourth-order valence-electron chi connectivity index (χ4n) is 1.27. The molecule has 0 amide bonds. The number of hydrogen-bond donors (Lipinski definition) is 0. The second-order valence-electron chi connectivity index (χ2n) is 3.04. The summed E-state index contributed by atoms with van der Waals surface area (Å²) in [6, 6.07) is 3.60. The van der Waals surface area contributed by atoms with Crippen molar-refractivity contribution in [2.45, 2.75) is 6.61 Å². The Bertz CT molecular complexity index is 523. The van der Waals surface area contributed by atoms with Crippen molar-refractivity contribution >= 4 is 12.3 Å². The number of esters is 1. The van der Waals surface area contributed by atoms with Gasteiger partial charge in [0.1, 0.15) is 11.8 Å². The molecular formula is C11H7F2NO4. The smallest absolute Gasteiger partial charge is 0.387 e. The SMILES string of the molecule is COC(=O)c1cc(C#N)c(C=O)c(OC(F)F)c1. The van der Waals surface area contributed by atoms with Gasteiger partial charge in [-0.05, 0) is 12.1 Å². The van der Waals surface area contributed by atoms with Crippen LogP contribution in [0.4, 0.5) is 8.78 Å². The van der Waals surface area contributed by atoms with Gasteiger partial charge in [-0.25, -0.2) is 4.79 Å². The number of halogens is 2. The predicted octanol–water partition coefficient (Wildman–Crippen LogP) is 1.76. The Balaban J connectivity index is 3.41. The molecule has 94 valence electrons. The third-order valence-electron chi connectivity index (χ3n) is 2.02. The van der Waals surface area contributed by atoms with Gasteiger partial charge in [-0.15, -0.1) is 0 Å². The fraction of sp³-hybridized carbons (Fsp3) is 0.182. The van der Waals surface area contributed by atoms with Crippen LogP contribution in [0.25, 0.3) is 0 Å². The van der Waals surface area contributed by atoms with E-state index in [1.807, 2.05) is 0 Å². The lowest BCUT2D eigenvalue weighted by atomic mass is 10.0. The van der Waals surface area contributed by atoms with E-state index in [9.17, 15) is 18.4 Å². The number of nitrogens with zero attached hydrogens (tertiary/aromatic N) is 1. The second-order valence-corrected chi connectivity index (χ2v) is 3.04. The number of nitriles is 1. The highest BCUT2D eigenvalue weighted by Crippen LogP contribution is 2.25. The molecule has 7 heteroatoms. The van der Waals surface area contributed by atoms with Gasteiger partial charge in [-0.2, -0.15) is 14.0 Å². The summed E-state index contributed by atoms with van der Waals surface area (Å²) in [5.74, 6) is -1.37. The van der Waals surface area contributed by atoms with E-state index in [1.54, 1.807) is 6.07 Å². The largest absolute Gasteiger partial charge is 0.465 e. The normalized spacial score (nSPS) is 9.72. The van der Waals surface area contributed by atoms with Crippen molar-refractivity contribution < 1.29 is 27.8 Å². The first-order valence-electron chi connectivity index (χ1n) is 4.60. The molecule has 18 heavy (non-hydrogen) atoms. The first kappa shape index (κ1) is 13.6. The molecule has 1 rings (SSSR count). The summed E-state index contributed by atoms with van der Waals surface area (Å²) in [5, 5.41) is 8.78. The molecule has 0 aliphatic heterocycles. The van der Waals surface area contributed by atoms with Crippen molar-refractivity contribution in [2.24, 2.45) is 0 Å². The fourth-order valence-corrected chi connectivity index (χ4v) is 1.27. The van der Waals surface area contributed by atoms with Gasteiger partial charge in [0.25, 0.3) is 0 Å². The Morgan fingerprint density at radius 1 is 1.50 bits per heavy atom. The number of methoxy groups -OCH3 is 1. The van der Waals surface area contributed by atoms with Crippen LogP contribution in [0.5, 0.6) is 5.75 Å². The minimum absolute atomic E-state index is 0.157. The zero-order chi connectivity index (χ0) is 13.7. The average molecular weight is 255 g/mol. The maximum atomic E-state index is 12.1. The van der Waals surface area contributed by atoms with E-state index in [0.29, 0.717) is 0 Å². The van der Waals surface area contributed by atoms with Gasteiger partial charge < -0.3 is 9.47 Å². The highest BCUT2D eigenvalue weighted by Gasteiger charge is 2.18. The molecule has 0 aromatic heterocycles. The van der Waals surface area contributed by atoms with Gasteiger partial charge >= 0.3 is 12.6 Å². The standard InChI is InChI=1S/C11H7F2NO4/c1-17-10(16)6-2-7(4-14)8(5-15)9(3-6)18-11(12)13/h2-3,5,11H,1H3. The average Bonchev–Trinajstić information content (AvgIpc) is 2.35. The lowest BCUT2D eigenvalue weighted by molar-refractivity contribution is -0.0501. The topological polar surface area (TPSA) is 76.4 Å². The van der Waals surface area contributed by atoms with Gasteiger partial charge in [-0.3, -0.25) is 4.79 Å². The van der Waals surface area contributed by atoms with Gasteiger partial charge in [0.2, 0.25) is 0 Å². The van der Waals surface area contributed by atoms with Crippen LogP contribution in [0.1, 0.15) is 26.3 Å². The van der Waals surface area contributed by atoms with Crippen molar-refractivity contribution in [3.05, 3.63) is 28.8 Å². The van der Waals surface area contributed by atoms with Crippen LogP contribution in [0, 0.1) is 11.3 Å². The van der Waals surface area contributed by atoms with Crippen molar-refractivity contribution in [2.75, 3.05) is 7.11 Å². The number of hydrogen-bond acceptors (Lipinski definition) is 5. The second kappa shape index (κ2) is 5.72. The molecule has 0 saturated heterocycles. The molecule has 0 spiro atoms. The van der Waals surface area contributed by atoms with Crippen LogP contribution >= 0.6 is 0 Å². The summed E-state index contributed by atoms with van der Waals surface area (Å²) in [4.78, 5) is 22.0. The van der Waals surface area contributed by atoms with Crippen LogP contribution < -0.4 is 4.74 Å². The quantitative estimate of drug-likeness (QED) is 0.605. The summed E-state index contributed by atoms with van der Waals surface area (Å²) in [5.41, 5.74) is -0.746. The number of aldehydes is 1. The number of benzene rings is 1. The maximum absolute atomic E-state index is 12.1. The summed E-state index contributed by atoms with van der Waals surface area (Å²) >= 11 is 0. The van der Waals surface area contributed by atoms with E-state index in [2.05, 4.69) is 9.47 Å². The Labute approximate surface area is 101 Å². The Kier molecular flexibility index (Phi) is 4.32. The number of rotatable bonds is 4. The molecule has 0 heterocycles. The number of alkyl halides is 2. The van der Waals surface area contributed by atoms with E-state index in [0.717, 1.165) is 19.2 Å². The van der Waals surface area contributed by atoms with Crippen molar-refractivity contribution in [1.82, 2.24) is 0 Å². The summed E-state index contributed by atoms with van der Waals surface area (Å²) in [7, 11) is 1.09. The lowest BCUT2D eigenvalue weighted by Crippen LogP contribution is -2.09. The molecule has 1 aromatic carbocycles. The number of carbonyl (C=O) groups is 2. The van der Waals surface area contributed by atoms with Crippen LogP contribution in [0.2, 0.25) is 0 Å². The minimum Gasteiger partial charge on any atom is -0.465 e. The molecule has 0 N–H and O–H groups in total. The molecule has 0 fully saturated rings. The minimum atomic E-state index is -3.18. The van der Waals surface area contributed by atoms with Crippen molar-refractivity contribution in [1.29, 1.82) is 5.26 Å². The van der Waals surface area contributed by atoms with Gasteiger partial charge in [0.05, 0.1) is 23.8 Å². The molecule has 1 aromatic rings. The third kappa shape index (κ3) is 2.79. The van der Waals surface area contributed by atoms with E-state index < -0.39 is 18.3 Å². The van der Waals surface area contributed by atoms with Gasteiger partial charge in [0, 0.05) is 0 Å². The van der Waals surface area contributed by atoms with Gasteiger partial charge in [0.15, 0.2) is 6.29 Å². The van der Waals surface area contributed by atoms with Crippen LogP contribution in [-0.2, 0) is 4.74 Å². The molecule has 0 aliphatic rings. The monoisotopic (exact) mass is 255 g/mol. The molecule has 0 saturated carbocycles. The summed E-state index contributed by atoms with van der Waals surface area (Å²) in [6.45, 7) is -3.18. The molecule has 0 radical (unpaired) electrons. The number of carbonyl (C=O) groups excluding carboxylic acids is 2. The Hall–Kier alpha value is -2.49. The van der Waals surface area contributed by atoms with Crippen molar-refractivity contribution in [3.8, 4) is 11.8 Å². The first-order chi connectivity index (χ1) is 8.53. The third-order valence-corrected chi connectivity index (χ3v) is 2.02. The number of ether oxygens (including phenoxy) is 2. The maximum Gasteiger partial charge on any atom is 0.387 e. The van der Waals surface area contributed by atoms with Crippen LogP contribution in [0.3, 0.4) is 0 Å². The van der Waals surface area contributed by atoms with Crippen LogP contribution in [-0.4, -0.2) is 26.0 Å². The van der Waals surface area contributed by atoms with E-state index in [-0.39, 0.29) is 23.0 Å². The summed E-state index contributed by atoms with van der Waals surface area (Å²) in [6.07, 6.45) is 0.206. The van der Waals surface area contributed by atoms with Gasteiger partial charge in [-0.1, -0.05) is 0 Å². The highest BCUT2D eigenvalue weighted by molar-refractivity contribution is 5.93. The van der Waals surface area contributed by atoms with E-state index in [1.165, 1.54) is 0 Å². The molecule has 0 atom stereocenters. The van der Waals surface area contributed by atoms with Crippen molar-refractivity contribution in [3.63, 3.8) is 0 Å². The Morgan fingerprint density at radius 2 is 2.17 bits per heavy atom. The summed E-state index contributed by atoms with van der Waals surface area (Å²) < 4.78 is 32.8.